The van der Waals surface area contributed by atoms with Gasteiger partial charge in [0.05, 0.1) is 6.21 Å². The van der Waals surface area contributed by atoms with Crippen LogP contribution in [0.25, 0.3) is 0 Å². The van der Waals surface area contributed by atoms with Crippen molar-refractivity contribution in [3.63, 3.8) is 0 Å². The van der Waals surface area contributed by atoms with Gasteiger partial charge in [-0.3, -0.25) is 4.79 Å². The van der Waals surface area contributed by atoms with Crippen LogP contribution in [0.4, 0.5) is 0 Å². The number of hydrogen-bond donors (Lipinski definition) is 2. The van der Waals surface area contributed by atoms with Gasteiger partial charge in [-0.2, -0.15) is 5.10 Å². The van der Waals surface area contributed by atoms with Crippen molar-refractivity contribution in [3.8, 4) is 11.5 Å². The summed E-state index contributed by atoms with van der Waals surface area (Å²) in [6, 6.07) is 12.8. The molecule has 0 aliphatic rings. The van der Waals surface area contributed by atoms with Crippen LogP contribution in [0.5, 0.6) is 11.5 Å². The average Bonchev–Trinajstić information content (AvgIpc) is 2.58. The van der Waals surface area contributed by atoms with Crippen LogP contribution in [-0.4, -0.2) is 23.3 Å². The summed E-state index contributed by atoms with van der Waals surface area (Å²) in [6.07, 6.45) is 0.701. The summed E-state index contributed by atoms with van der Waals surface area (Å²) in [7, 11) is 0. The van der Waals surface area contributed by atoms with Gasteiger partial charge in [0.25, 0.3) is 5.91 Å². The van der Waals surface area contributed by atoms with Crippen molar-refractivity contribution in [1.29, 1.82) is 0 Å². The number of nitrogens with one attached hydrogen (secondary N) is 1. The van der Waals surface area contributed by atoms with Crippen molar-refractivity contribution < 1.29 is 14.6 Å². The fraction of sp³-hybridized carbons (Fsp3) is 0.300. The van der Waals surface area contributed by atoms with E-state index in [0.717, 1.165) is 11.1 Å². The summed E-state index contributed by atoms with van der Waals surface area (Å²) < 4.78 is 5.79. The molecule has 0 aliphatic carbocycles. The van der Waals surface area contributed by atoms with Gasteiger partial charge < -0.3 is 9.84 Å². The smallest absolute Gasteiger partial charge is 0.280 e. The minimum Gasteiger partial charge on any atom is -0.507 e. The van der Waals surface area contributed by atoms with E-state index < -0.39 is 6.10 Å². The number of benzene rings is 2. The maximum Gasteiger partial charge on any atom is 0.280 e. The number of phenolic OH excluding ortho intramolecular Hbond substituents is 1. The predicted molar refractivity (Wildman–Crippen MR) is 99.2 cm³/mol. The molecule has 5 heteroatoms. The molecule has 5 nitrogen and oxygen atoms in total. The lowest BCUT2D eigenvalue weighted by atomic mass is 10.0. The molecule has 2 rings (SSSR count). The third-order valence-electron chi connectivity index (χ3n) is 3.87. The zero-order valence-electron chi connectivity index (χ0n) is 15.0. The third kappa shape index (κ3) is 5.08. The van der Waals surface area contributed by atoms with Gasteiger partial charge in [0.15, 0.2) is 6.10 Å². The second kappa shape index (κ2) is 8.33. The van der Waals surface area contributed by atoms with E-state index in [1.165, 1.54) is 6.21 Å². The van der Waals surface area contributed by atoms with Gasteiger partial charge in [0.1, 0.15) is 11.5 Å². The van der Waals surface area contributed by atoms with Crippen LogP contribution in [-0.2, 0) is 4.79 Å². The fourth-order valence-corrected chi connectivity index (χ4v) is 2.20. The number of nitrogens with zero attached hydrogens (tertiary/aromatic N) is 1. The van der Waals surface area contributed by atoms with Crippen LogP contribution in [0.3, 0.4) is 0 Å². The minimum absolute atomic E-state index is 0.103. The third-order valence-corrected chi connectivity index (χ3v) is 3.87. The number of rotatable bonds is 6. The van der Waals surface area contributed by atoms with Gasteiger partial charge in [0, 0.05) is 5.56 Å². The fourth-order valence-electron chi connectivity index (χ4n) is 2.20. The topological polar surface area (TPSA) is 70.9 Å². The van der Waals surface area contributed by atoms with Crippen LogP contribution in [0.1, 0.15) is 43.4 Å². The van der Waals surface area contributed by atoms with E-state index >= 15 is 0 Å². The lowest BCUT2D eigenvalue weighted by Crippen LogP contribution is -2.33. The van der Waals surface area contributed by atoms with E-state index in [1.54, 1.807) is 31.2 Å². The molecule has 0 aromatic heterocycles. The molecule has 0 bridgehead atoms. The summed E-state index contributed by atoms with van der Waals surface area (Å²) in [5, 5.41) is 13.5. The first kappa shape index (κ1) is 18.5. The van der Waals surface area contributed by atoms with Crippen molar-refractivity contribution in [2.24, 2.45) is 5.10 Å². The molecule has 2 aromatic carbocycles. The second-order valence-electron chi connectivity index (χ2n) is 6.23. The molecule has 25 heavy (non-hydrogen) atoms. The Hall–Kier alpha value is -2.82. The van der Waals surface area contributed by atoms with Gasteiger partial charge in [-0.1, -0.05) is 38.1 Å². The molecule has 0 radical (unpaired) electrons. The molecular formula is C20H24N2O3. The molecule has 1 atom stereocenters. The molecule has 0 saturated heterocycles. The number of aryl methyl sites for hydroxylation is 1. The van der Waals surface area contributed by atoms with Crippen LogP contribution in [0.15, 0.2) is 47.6 Å². The normalized spacial score (nSPS) is 12.4. The van der Waals surface area contributed by atoms with Crippen molar-refractivity contribution >= 4 is 12.1 Å². The van der Waals surface area contributed by atoms with Crippen LogP contribution >= 0.6 is 0 Å². The zero-order valence-corrected chi connectivity index (χ0v) is 15.0. The maximum atomic E-state index is 12.1. The van der Waals surface area contributed by atoms with Crippen molar-refractivity contribution in [2.75, 3.05) is 0 Å². The summed E-state index contributed by atoms with van der Waals surface area (Å²) in [5.74, 6) is 0.820. The molecule has 132 valence electrons. The van der Waals surface area contributed by atoms with Gasteiger partial charge in [-0.25, -0.2) is 5.43 Å². The molecular weight excluding hydrogens is 316 g/mol. The molecule has 0 aliphatic heterocycles. The van der Waals surface area contributed by atoms with Gasteiger partial charge in [-0.15, -0.1) is 0 Å². The van der Waals surface area contributed by atoms with E-state index in [9.17, 15) is 9.90 Å². The number of para-hydroxylation sites is 1. The Labute approximate surface area is 148 Å². The minimum atomic E-state index is -0.692. The monoisotopic (exact) mass is 340 g/mol. The van der Waals surface area contributed by atoms with Crippen molar-refractivity contribution in [1.82, 2.24) is 5.43 Å². The summed E-state index contributed by atoms with van der Waals surface area (Å²) in [5.41, 5.74) is 5.09. The first-order chi connectivity index (χ1) is 11.9. The summed E-state index contributed by atoms with van der Waals surface area (Å²) in [6.45, 7) is 7.84. The van der Waals surface area contributed by atoms with Crippen LogP contribution in [0.2, 0.25) is 0 Å². The number of aromatic hydroxyl groups is 1. The Morgan fingerprint density at radius 2 is 1.92 bits per heavy atom. The highest BCUT2D eigenvalue weighted by atomic mass is 16.5. The van der Waals surface area contributed by atoms with Crippen LogP contribution < -0.4 is 10.2 Å². The summed E-state index contributed by atoms with van der Waals surface area (Å²) in [4.78, 5) is 12.1. The van der Waals surface area contributed by atoms with E-state index in [0.29, 0.717) is 17.2 Å². The number of carbonyl (C=O) groups is 1. The maximum absolute atomic E-state index is 12.1. The Morgan fingerprint density at radius 1 is 1.20 bits per heavy atom. The van der Waals surface area contributed by atoms with E-state index in [-0.39, 0.29) is 11.7 Å². The SMILES string of the molecule is Cc1ccc(C(C)C)cc1OC(C)C(=O)N/N=C/c1ccccc1O. The first-order valence-electron chi connectivity index (χ1n) is 8.26. The van der Waals surface area contributed by atoms with Crippen LogP contribution in [0, 0.1) is 6.92 Å². The number of hydrazone groups is 1. The lowest BCUT2D eigenvalue weighted by molar-refractivity contribution is -0.127. The number of ether oxygens (including phenoxy) is 1. The molecule has 1 unspecified atom stereocenters. The largest absolute Gasteiger partial charge is 0.507 e. The van der Waals surface area contributed by atoms with Gasteiger partial charge in [-0.05, 0) is 49.1 Å². The van der Waals surface area contributed by atoms with E-state index in [1.807, 2.05) is 19.1 Å². The standard InChI is InChI=1S/C20H24N2O3/c1-13(2)16-10-9-14(3)19(11-16)25-15(4)20(24)22-21-12-17-7-5-6-8-18(17)23/h5-13,15,23H,1-4H3,(H,22,24)/b21-12+. The Bertz CT molecular complexity index is 769. The molecule has 0 heterocycles. The van der Waals surface area contributed by atoms with E-state index in [2.05, 4.69) is 30.4 Å². The summed E-state index contributed by atoms with van der Waals surface area (Å²) >= 11 is 0. The molecule has 0 saturated carbocycles. The number of phenols is 1. The number of hydrogen-bond acceptors (Lipinski definition) is 4. The number of carbonyl (C=O) groups excluding carboxylic acids is 1. The second-order valence-corrected chi connectivity index (χ2v) is 6.23. The molecule has 1 amide bonds. The molecule has 0 fully saturated rings. The average molecular weight is 340 g/mol. The quantitative estimate of drug-likeness (QED) is 0.621. The Balaban J connectivity index is 1.99. The zero-order chi connectivity index (χ0) is 18.4. The highest BCUT2D eigenvalue weighted by molar-refractivity contribution is 5.86. The van der Waals surface area contributed by atoms with E-state index in [4.69, 9.17) is 4.74 Å². The predicted octanol–water partition coefficient (Wildman–Crippen LogP) is 3.74. The molecule has 0 spiro atoms. The van der Waals surface area contributed by atoms with Gasteiger partial charge >= 0.3 is 0 Å². The molecule has 2 aromatic rings. The van der Waals surface area contributed by atoms with Gasteiger partial charge in [0.2, 0.25) is 0 Å². The first-order valence-corrected chi connectivity index (χ1v) is 8.26. The lowest BCUT2D eigenvalue weighted by Gasteiger charge is -2.16. The highest BCUT2D eigenvalue weighted by Crippen LogP contribution is 2.25. The highest BCUT2D eigenvalue weighted by Gasteiger charge is 2.16. The Morgan fingerprint density at radius 3 is 2.60 bits per heavy atom. The Kier molecular flexibility index (Phi) is 6.17. The van der Waals surface area contributed by atoms with Crippen molar-refractivity contribution in [2.45, 2.75) is 39.7 Å². The molecule has 2 N–H and O–H groups in total. The van der Waals surface area contributed by atoms with Crippen molar-refractivity contribution in [3.05, 3.63) is 59.2 Å². The number of amides is 1.